The van der Waals surface area contributed by atoms with Crippen LogP contribution in [0.1, 0.15) is 10.4 Å². The second kappa shape index (κ2) is 5.86. The Labute approximate surface area is 101 Å². The van der Waals surface area contributed by atoms with Crippen LogP contribution in [-0.2, 0) is 0 Å². The molecule has 1 aromatic rings. The molecule has 1 N–H and O–H groups in total. The van der Waals surface area contributed by atoms with E-state index in [4.69, 9.17) is 21.4 Å². The summed E-state index contributed by atoms with van der Waals surface area (Å²) < 4.78 is 5.05. The van der Waals surface area contributed by atoms with Crippen LogP contribution in [0.3, 0.4) is 0 Å². The number of carboxylic acids is 1. The smallest absolute Gasteiger partial charge is 0.335 e. The highest BCUT2D eigenvalue weighted by atomic mass is 35.5. The number of carbonyl (C=O) groups is 1. The number of aromatic carboxylic acids is 1. The van der Waals surface area contributed by atoms with Crippen LogP contribution in [0.15, 0.2) is 29.8 Å². The van der Waals surface area contributed by atoms with E-state index in [1.54, 1.807) is 0 Å². The number of nitro groups is 1. The minimum atomic E-state index is -1.18. The van der Waals surface area contributed by atoms with E-state index in [1.165, 1.54) is 11.6 Å². The largest absolute Gasteiger partial charge is 0.483 e. The molecule has 1 rings (SSSR count). The number of rotatable bonds is 5. The van der Waals surface area contributed by atoms with Crippen molar-refractivity contribution in [3.05, 3.63) is 45.5 Å². The molecule has 6 nitrogen and oxygen atoms in total. The van der Waals surface area contributed by atoms with E-state index in [-0.39, 0.29) is 23.6 Å². The third-order valence-electron chi connectivity index (χ3n) is 1.83. The summed E-state index contributed by atoms with van der Waals surface area (Å²) in [4.78, 5) is 20.7. The Morgan fingerprint density at radius 2 is 2.29 bits per heavy atom. The fourth-order valence-electron chi connectivity index (χ4n) is 1.09. The van der Waals surface area contributed by atoms with Crippen LogP contribution in [0.5, 0.6) is 5.75 Å². The van der Waals surface area contributed by atoms with Gasteiger partial charge in [-0.3, -0.25) is 10.1 Å². The predicted octanol–water partition coefficient (Wildman–Crippen LogP) is 2.42. The molecule has 0 aliphatic heterocycles. The Kier molecular flexibility index (Phi) is 4.47. The summed E-state index contributed by atoms with van der Waals surface area (Å²) in [7, 11) is 0. The lowest BCUT2D eigenvalue weighted by Crippen LogP contribution is -2.02. The number of nitro benzene ring substituents is 1. The summed E-state index contributed by atoms with van der Waals surface area (Å²) in [6.45, 7) is 0.0212. The van der Waals surface area contributed by atoms with Crippen LogP contribution < -0.4 is 4.74 Å². The number of halogens is 1. The van der Waals surface area contributed by atoms with Gasteiger partial charge in [0.25, 0.3) is 0 Å². The third-order valence-corrected chi connectivity index (χ3v) is 2.01. The van der Waals surface area contributed by atoms with E-state index in [1.807, 2.05) is 0 Å². The van der Waals surface area contributed by atoms with Crippen molar-refractivity contribution in [3.8, 4) is 5.75 Å². The summed E-state index contributed by atoms with van der Waals surface area (Å²) in [6, 6.07) is 3.33. The maximum atomic E-state index is 10.7. The maximum absolute atomic E-state index is 10.7. The van der Waals surface area contributed by atoms with E-state index in [2.05, 4.69) is 0 Å². The number of hydrogen-bond donors (Lipinski definition) is 1. The molecule has 0 spiro atoms. The molecule has 0 bridgehead atoms. The normalized spacial score (nSPS) is 10.4. The molecule has 0 amide bonds. The highest BCUT2D eigenvalue weighted by Gasteiger charge is 2.17. The maximum Gasteiger partial charge on any atom is 0.335 e. The van der Waals surface area contributed by atoms with E-state index < -0.39 is 10.9 Å². The summed E-state index contributed by atoms with van der Waals surface area (Å²) >= 11 is 5.26. The number of nitrogens with zero attached hydrogens (tertiary/aromatic N) is 1. The molecule has 90 valence electrons. The van der Waals surface area contributed by atoms with Gasteiger partial charge >= 0.3 is 11.7 Å². The average molecular weight is 258 g/mol. The van der Waals surface area contributed by atoms with Gasteiger partial charge in [0.1, 0.15) is 6.61 Å². The SMILES string of the molecule is O=C(O)c1ccc([N+](=O)[O-])c(OC/C=C/Cl)c1. The van der Waals surface area contributed by atoms with Crippen molar-refractivity contribution in [2.45, 2.75) is 0 Å². The van der Waals surface area contributed by atoms with Crippen LogP contribution in [0.4, 0.5) is 5.69 Å². The average Bonchev–Trinajstić information content (AvgIpc) is 2.28. The standard InChI is InChI=1S/C10H8ClNO5/c11-4-1-5-17-9-6-7(10(13)14)2-3-8(9)12(15)16/h1-4,6H,5H2,(H,13,14)/b4-1+. The summed E-state index contributed by atoms with van der Waals surface area (Å²) in [6.07, 6.45) is 1.43. The first-order valence-corrected chi connectivity index (χ1v) is 4.89. The van der Waals surface area contributed by atoms with Crippen molar-refractivity contribution in [2.24, 2.45) is 0 Å². The van der Waals surface area contributed by atoms with Gasteiger partial charge in [0.15, 0.2) is 5.75 Å². The number of carboxylic acid groups (broad SMARTS) is 1. The summed E-state index contributed by atoms with van der Waals surface area (Å²) in [5.74, 6) is -1.29. The minimum Gasteiger partial charge on any atom is -0.483 e. The highest BCUT2D eigenvalue weighted by molar-refractivity contribution is 6.25. The fraction of sp³-hybridized carbons (Fsp3) is 0.100. The Bertz CT molecular complexity index is 472. The predicted molar refractivity (Wildman–Crippen MR) is 60.5 cm³/mol. The van der Waals surface area contributed by atoms with Crippen LogP contribution in [-0.4, -0.2) is 22.6 Å². The van der Waals surface area contributed by atoms with Crippen molar-refractivity contribution >= 4 is 23.3 Å². The van der Waals surface area contributed by atoms with Crippen molar-refractivity contribution in [3.63, 3.8) is 0 Å². The van der Waals surface area contributed by atoms with Gasteiger partial charge in [-0.25, -0.2) is 4.79 Å². The molecular formula is C10H8ClNO5. The Balaban J connectivity index is 3.06. The lowest BCUT2D eigenvalue weighted by atomic mass is 10.2. The second-order valence-electron chi connectivity index (χ2n) is 2.92. The second-order valence-corrected chi connectivity index (χ2v) is 3.17. The monoisotopic (exact) mass is 257 g/mol. The zero-order valence-corrected chi connectivity index (χ0v) is 9.26. The highest BCUT2D eigenvalue weighted by Crippen LogP contribution is 2.28. The minimum absolute atomic E-state index is 0.0212. The Morgan fingerprint density at radius 3 is 2.82 bits per heavy atom. The first kappa shape index (κ1) is 13.0. The molecule has 7 heteroatoms. The van der Waals surface area contributed by atoms with Gasteiger partial charge in [-0.15, -0.1) is 0 Å². The van der Waals surface area contributed by atoms with Gasteiger partial charge in [0, 0.05) is 17.7 Å². The number of benzene rings is 1. The lowest BCUT2D eigenvalue weighted by Gasteiger charge is -2.04. The van der Waals surface area contributed by atoms with Crippen LogP contribution in [0.2, 0.25) is 0 Å². The molecule has 0 radical (unpaired) electrons. The Morgan fingerprint density at radius 1 is 1.59 bits per heavy atom. The molecule has 0 heterocycles. The van der Waals surface area contributed by atoms with Crippen LogP contribution >= 0.6 is 11.6 Å². The van der Waals surface area contributed by atoms with Crippen molar-refractivity contribution in [1.82, 2.24) is 0 Å². The third kappa shape index (κ3) is 3.46. The quantitative estimate of drug-likeness (QED) is 0.646. The molecule has 0 unspecified atom stereocenters. The molecule has 0 fully saturated rings. The summed E-state index contributed by atoms with van der Waals surface area (Å²) in [5, 5.41) is 19.4. The molecule has 17 heavy (non-hydrogen) atoms. The molecule has 0 aliphatic carbocycles. The van der Waals surface area contributed by atoms with Gasteiger partial charge in [0.05, 0.1) is 10.5 Å². The van der Waals surface area contributed by atoms with Crippen LogP contribution in [0, 0.1) is 10.1 Å². The molecule has 0 aromatic heterocycles. The molecule has 0 aliphatic rings. The van der Waals surface area contributed by atoms with Gasteiger partial charge in [0.2, 0.25) is 0 Å². The first-order valence-electron chi connectivity index (χ1n) is 4.46. The molecular weight excluding hydrogens is 250 g/mol. The van der Waals surface area contributed by atoms with Crippen molar-refractivity contribution in [2.75, 3.05) is 6.61 Å². The first-order chi connectivity index (χ1) is 8.06. The zero-order valence-electron chi connectivity index (χ0n) is 8.50. The van der Waals surface area contributed by atoms with Gasteiger partial charge in [-0.05, 0) is 12.1 Å². The van der Waals surface area contributed by atoms with E-state index in [9.17, 15) is 14.9 Å². The fourth-order valence-corrected chi connectivity index (χ4v) is 1.16. The number of hydrogen-bond acceptors (Lipinski definition) is 4. The summed E-state index contributed by atoms with van der Waals surface area (Å²) in [5.41, 5.74) is 0.825. The molecule has 0 saturated carbocycles. The lowest BCUT2D eigenvalue weighted by molar-refractivity contribution is -0.385. The number of ether oxygens (including phenoxy) is 1. The van der Waals surface area contributed by atoms with Gasteiger partial charge in [-0.2, -0.15) is 0 Å². The van der Waals surface area contributed by atoms with Gasteiger partial charge in [-0.1, -0.05) is 11.6 Å². The van der Waals surface area contributed by atoms with E-state index >= 15 is 0 Å². The van der Waals surface area contributed by atoms with Crippen LogP contribution in [0.25, 0.3) is 0 Å². The van der Waals surface area contributed by atoms with Crippen molar-refractivity contribution in [1.29, 1.82) is 0 Å². The molecule has 1 aromatic carbocycles. The van der Waals surface area contributed by atoms with Gasteiger partial charge < -0.3 is 9.84 Å². The zero-order chi connectivity index (χ0) is 12.8. The molecule has 0 saturated heterocycles. The molecule has 0 atom stereocenters. The topological polar surface area (TPSA) is 89.7 Å². The van der Waals surface area contributed by atoms with Crippen molar-refractivity contribution < 1.29 is 19.6 Å². The van der Waals surface area contributed by atoms with E-state index in [0.717, 1.165) is 18.2 Å². The van der Waals surface area contributed by atoms with E-state index in [0.29, 0.717) is 0 Å². The Hall–Kier alpha value is -2.08.